The van der Waals surface area contributed by atoms with Crippen LogP contribution in [-0.2, 0) is 16.8 Å². The van der Waals surface area contributed by atoms with Gasteiger partial charge in [-0.3, -0.25) is 9.59 Å². The molecule has 5 rings (SSSR count). The van der Waals surface area contributed by atoms with Gasteiger partial charge in [0.05, 0.1) is 6.54 Å². The van der Waals surface area contributed by atoms with Gasteiger partial charge in [-0.25, -0.2) is 0 Å². The normalized spacial score (nSPS) is 19.6. The van der Waals surface area contributed by atoms with Gasteiger partial charge in [0.25, 0.3) is 0 Å². The quantitative estimate of drug-likeness (QED) is 0.594. The molecule has 2 aliphatic rings. The largest absolute Gasteiger partial charge is 0.504 e. The van der Waals surface area contributed by atoms with Crippen LogP contribution in [0.5, 0.6) is 17.2 Å². The van der Waals surface area contributed by atoms with Crippen molar-refractivity contribution in [3.8, 4) is 17.2 Å². The van der Waals surface area contributed by atoms with Gasteiger partial charge in [0.15, 0.2) is 11.5 Å². The van der Waals surface area contributed by atoms with Crippen molar-refractivity contribution in [1.29, 1.82) is 0 Å². The smallest absolute Gasteiger partial charge is 0.247 e. The lowest BCUT2D eigenvalue weighted by Gasteiger charge is -2.23. The Morgan fingerprint density at radius 2 is 1.82 bits per heavy atom. The third kappa shape index (κ3) is 2.10. The zero-order valence-electron chi connectivity index (χ0n) is 14.7. The highest BCUT2D eigenvalue weighted by molar-refractivity contribution is 6.11. The third-order valence-electron chi connectivity index (χ3n) is 5.43. The average molecular weight is 376 g/mol. The molecule has 3 N–H and O–H groups in total. The molecule has 7 heteroatoms. The number of carbonyl (C=O) groups excluding carboxylic acids is 1. The minimum absolute atomic E-state index is 0.0865. The molecular formula is C21H16N2O5. The molecule has 3 heterocycles. The van der Waals surface area contributed by atoms with E-state index in [1.54, 1.807) is 17.2 Å². The van der Waals surface area contributed by atoms with Crippen molar-refractivity contribution in [3.05, 3.63) is 81.8 Å². The number of benzene rings is 2. The first-order valence-corrected chi connectivity index (χ1v) is 8.79. The number of hydrogen-bond acceptors (Lipinski definition) is 5. The van der Waals surface area contributed by atoms with E-state index in [0.717, 1.165) is 16.8 Å². The molecule has 0 bridgehead atoms. The highest BCUT2D eigenvalue weighted by Gasteiger charge is 2.57. The summed E-state index contributed by atoms with van der Waals surface area (Å²) in [7, 11) is 0. The van der Waals surface area contributed by atoms with Gasteiger partial charge in [-0.15, -0.1) is 0 Å². The van der Waals surface area contributed by atoms with Gasteiger partial charge in [-0.2, -0.15) is 0 Å². The number of para-hydroxylation sites is 1. The van der Waals surface area contributed by atoms with E-state index in [1.165, 1.54) is 18.2 Å². The van der Waals surface area contributed by atoms with Crippen molar-refractivity contribution < 1.29 is 19.7 Å². The Morgan fingerprint density at radius 3 is 2.61 bits per heavy atom. The van der Waals surface area contributed by atoms with E-state index in [-0.39, 0.29) is 36.1 Å². The van der Waals surface area contributed by atoms with Gasteiger partial charge >= 0.3 is 0 Å². The molecule has 0 saturated heterocycles. The number of nitrogens with one attached hydrogen (secondary N) is 1. The lowest BCUT2D eigenvalue weighted by atomic mass is 9.77. The lowest BCUT2D eigenvalue weighted by molar-refractivity contribution is -0.122. The number of aromatic hydroxyl groups is 2. The summed E-state index contributed by atoms with van der Waals surface area (Å²) in [6, 6.07) is 13.3. The van der Waals surface area contributed by atoms with Crippen molar-refractivity contribution in [2.24, 2.45) is 0 Å². The first-order valence-electron chi connectivity index (χ1n) is 8.79. The zero-order chi connectivity index (χ0) is 19.5. The minimum Gasteiger partial charge on any atom is -0.504 e. The van der Waals surface area contributed by atoms with Crippen molar-refractivity contribution in [2.75, 3.05) is 11.5 Å². The number of amides is 1. The maximum Gasteiger partial charge on any atom is 0.247 e. The van der Waals surface area contributed by atoms with Gasteiger partial charge < -0.3 is 24.8 Å². The van der Waals surface area contributed by atoms with E-state index in [2.05, 4.69) is 4.98 Å². The van der Waals surface area contributed by atoms with Crippen LogP contribution in [0.15, 0.2) is 59.5 Å². The molecule has 0 saturated carbocycles. The molecule has 28 heavy (non-hydrogen) atoms. The molecule has 3 aromatic rings. The van der Waals surface area contributed by atoms with E-state index in [0.29, 0.717) is 11.3 Å². The highest BCUT2D eigenvalue weighted by atomic mass is 16.5. The van der Waals surface area contributed by atoms with Crippen LogP contribution in [0, 0.1) is 0 Å². The fourth-order valence-corrected chi connectivity index (χ4v) is 4.08. The number of fused-ring (bicyclic) bond motifs is 4. The molecule has 2 aliphatic heterocycles. The van der Waals surface area contributed by atoms with E-state index in [9.17, 15) is 19.8 Å². The average Bonchev–Trinajstić information content (AvgIpc) is 3.17. The molecule has 1 aromatic heterocycles. The molecule has 2 aromatic carbocycles. The first kappa shape index (κ1) is 16.4. The van der Waals surface area contributed by atoms with Gasteiger partial charge in [-0.1, -0.05) is 24.3 Å². The van der Waals surface area contributed by atoms with Crippen LogP contribution in [0.3, 0.4) is 0 Å². The number of rotatable bonds is 2. The molecule has 1 atom stereocenters. The number of hydrogen-bond donors (Lipinski definition) is 3. The Labute approximate surface area is 159 Å². The van der Waals surface area contributed by atoms with E-state index < -0.39 is 5.41 Å². The molecule has 140 valence electrons. The molecule has 1 unspecified atom stereocenters. The number of anilines is 1. The van der Waals surface area contributed by atoms with Crippen LogP contribution < -0.4 is 15.2 Å². The maximum atomic E-state index is 13.6. The molecule has 0 fully saturated rings. The predicted molar refractivity (Wildman–Crippen MR) is 101 cm³/mol. The molecule has 1 spiro atoms. The number of pyridine rings is 1. The second kappa shape index (κ2) is 5.63. The van der Waals surface area contributed by atoms with Crippen molar-refractivity contribution in [3.63, 3.8) is 0 Å². The van der Waals surface area contributed by atoms with Crippen LogP contribution >= 0.6 is 0 Å². The zero-order valence-corrected chi connectivity index (χ0v) is 14.7. The van der Waals surface area contributed by atoms with E-state index >= 15 is 0 Å². The Balaban J connectivity index is 1.66. The summed E-state index contributed by atoms with van der Waals surface area (Å²) in [6.45, 7) is 0.372. The monoisotopic (exact) mass is 376 g/mol. The maximum absolute atomic E-state index is 13.6. The van der Waals surface area contributed by atoms with Gasteiger partial charge in [0, 0.05) is 29.6 Å². The fraction of sp³-hybridized carbons (Fsp3) is 0.143. The Hall–Kier alpha value is -3.74. The lowest BCUT2D eigenvalue weighted by Crippen LogP contribution is -2.42. The minimum atomic E-state index is -1.08. The second-order valence-electron chi connectivity index (χ2n) is 7.00. The Kier molecular flexibility index (Phi) is 3.30. The fourth-order valence-electron chi connectivity index (χ4n) is 4.08. The van der Waals surface area contributed by atoms with Crippen molar-refractivity contribution in [1.82, 2.24) is 4.98 Å². The number of ether oxygens (including phenoxy) is 1. The molecule has 0 aliphatic carbocycles. The molecule has 0 radical (unpaired) electrons. The Morgan fingerprint density at radius 1 is 1.04 bits per heavy atom. The van der Waals surface area contributed by atoms with Crippen LogP contribution in [0.1, 0.15) is 16.7 Å². The number of H-pyrrole nitrogens is 1. The number of carbonyl (C=O) groups is 1. The van der Waals surface area contributed by atoms with Crippen LogP contribution in [-0.4, -0.2) is 27.7 Å². The molecule has 1 amide bonds. The van der Waals surface area contributed by atoms with E-state index in [1.807, 2.05) is 24.3 Å². The third-order valence-corrected chi connectivity index (χ3v) is 5.43. The van der Waals surface area contributed by atoms with Crippen LogP contribution in [0.4, 0.5) is 5.69 Å². The first-order chi connectivity index (χ1) is 13.5. The summed E-state index contributed by atoms with van der Waals surface area (Å²) in [4.78, 5) is 29.3. The van der Waals surface area contributed by atoms with Crippen LogP contribution in [0.25, 0.3) is 0 Å². The van der Waals surface area contributed by atoms with Crippen molar-refractivity contribution in [2.45, 2.75) is 12.0 Å². The number of phenols is 2. The van der Waals surface area contributed by atoms with Gasteiger partial charge in [0.1, 0.15) is 17.8 Å². The SMILES string of the molecule is O=C1N(Cc2ccc(=O)[nH]c2)c2ccccc2C12COc1cc(O)c(O)cc12. The van der Waals surface area contributed by atoms with Gasteiger partial charge in [0.2, 0.25) is 11.5 Å². The predicted octanol–water partition coefficient (Wildman–Crippen LogP) is 2.01. The topological polar surface area (TPSA) is 103 Å². The number of phenolic OH excluding ortho intramolecular Hbond substituents is 2. The summed E-state index contributed by atoms with van der Waals surface area (Å²) in [5.41, 5.74) is 1.56. The summed E-state index contributed by atoms with van der Waals surface area (Å²) in [5.74, 6) is -0.388. The summed E-state index contributed by atoms with van der Waals surface area (Å²) < 4.78 is 5.75. The highest BCUT2D eigenvalue weighted by Crippen LogP contribution is 2.54. The number of nitrogens with zero attached hydrogens (tertiary/aromatic N) is 1. The number of aromatic amines is 1. The molecular weight excluding hydrogens is 360 g/mol. The summed E-state index contributed by atoms with van der Waals surface area (Å²) in [6.07, 6.45) is 1.59. The second-order valence-corrected chi connectivity index (χ2v) is 7.00. The van der Waals surface area contributed by atoms with E-state index in [4.69, 9.17) is 4.74 Å². The Bertz CT molecular complexity index is 1170. The molecule has 7 nitrogen and oxygen atoms in total. The van der Waals surface area contributed by atoms with Crippen molar-refractivity contribution >= 4 is 11.6 Å². The van der Waals surface area contributed by atoms with Gasteiger partial charge in [-0.05, 0) is 23.3 Å². The number of aromatic nitrogens is 1. The summed E-state index contributed by atoms with van der Waals surface area (Å²) >= 11 is 0. The van der Waals surface area contributed by atoms with Crippen LogP contribution in [0.2, 0.25) is 0 Å². The summed E-state index contributed by atoms with van der Waals surface area (Å²) in [5, 5.41) is 19.8. The standard InChI is InChI=1S/C21H16N2O5/c24-16-7-14-18(8-17(16)25)28-11-21(14)13-3-1-2-4-15(13)23(20(21)27)10-12-5-6-19(26)22-9-12/h1-9,24-25H,10-11H2,(H,22,26).